The fourth-order valence-electron chi connectivity index (χ4n) is 6.06. The standard InChI is InChI=1S/C31H28F4N8O2/c32-21-12-20(18(11-26(21)44)13-31(33,34)35)17-4-5-19-23(10-17)40-41-28(19)29-38-22-6-9-43(16-25(22)39-29)30(45)24-14-37-27(15-36-24)42-7-2-1-3-8-42/h4-5,10-12,14-15,44H,1-3,6-9,13,16H2,(H,38,39)(H,40,41). The van der Waals surface area contributed by atoms with Crippen molar-refractivity contribution in [2.24, 2.45) is 0 Å². The van der Waals surface area contributed by atoms with Crippen LogP contribution in [-0.4, -0.2) is 71.9 Å². The Bertz CT molecular complexity index is 1890. The summed E-state index contributed by atoms with van der Waals surface area (Å²) in [4.78, 5) is 34.0. The number of nitrogens with zero attached hydrogens (tertiary/aromatic N) is 6. The van der Waals surface area contributed by atoms with Crippen molar-refractivity contribution in [1.82, 2.24) is 35.0 Å². The van der Waals surface area contributed by atoms with Gasteiger partial charge in [0.25, 0.3) is 5.91 Å². The van der Waals surface area contributed by atoms with Crippen molar-refractivity contribution in [1.29, 1.82) is 0 Å². The van der Waals surface area contributed by atoms with Crippen molar-refractivity contribution >= 4 is 22.6 Å². The van der Waals surface area contributed by atoms with Crippen LogP contribution in [0.3, 0.4) is 0 Å². The number of H-pyrrole nitrogens is 2. The third-order valence-corrected chi connectivity index (χ3v) is 8.32. The first-order valence-electron chi connectivity index (χ1n) is 14.6. The molecule has 232 valence electrons. The van der Waals surface area contributed by atoms with Gasteiger partial charge in [-0.05, 0) is 60.2 Å². The number of benzene rings is 2. The number of hydrogen-bond acceptors (Lipinski definition) is 7. The molecule has 0 spiro atoms. The monoisotopic (exact) mass is 620 g/mol. The number of aromatic amines is 2. The summed E-state index contributed by atoms with van der Waals surface area (Å²) in [5, 5.41) is 17.6. The zero-order valence-corrected chi connectivity index (χ0v) is 24.0. The van der Waals surface area contributed by atoms with E-state index >= 15 is 0 Å². The summed E-state index contributed by atoms with van der Waals surface area (Å²) >= 11 is 0. The van der Waals surface area contributed by atoms with Crippen LogP contribution in [0.1, 0.15) is 46.7 Å². The SMILES string of the molecule is O=C(c1cnc(N2CCCCC2)cn1)N1CCc2nc(-c3n[nH]c4cc(-c5cc(F)c(O)cc5CC(F)(F)F)ccc34)[nH]c2C1. The molecule has 3 aromatic heterocycles. The highest BCUT2D eigenvalue weighted by Gasteiger charge is 2.30. The Morgan fingerprint density at radius 3 is 2.60 bits per heavy atom. The number of rotatable bonds is 5. The minimum absolute atomic E-state index is 0.0183. The Labute approximate surface area is 254 Å². The molecule has 0 atom stereocenters. The Hall–Kier alpha value is -5.01. The molecule has 2 aliphatic rings. The van der Waals surface area contributed by atoms with E-state index in [1.165, 1.54) is 12.6 Å². The summed E-state index contributed by atoms with van der Waals surface area (Å²) in [6.07, 6.45) is 1.29. The summed E-state index contributed by atoms with van der Waals surface area (Å²) in [5.74, 6) is -0.823. The van der Waals surface area contributed by atoms with Gasteiger partial charge in [-0.2, -0.15) is 18.3 Å². The minimum Gasteiger partial charge on any atom is -0.505 e. The molecule has 0 aliphatic carbocycles. The number of phenols is 1. The van der Waals surface area contributed by atoms with Gasteiger partial charge in [-0.3, -0.25) is 9.89 Å². The maximum Gasteiger partial charge on any atom is 0.393 e. The van der Waals surface area contributed by atoms with Crippen molar-refractivity contribution in [2.45, 2.75) is 44.8 Å². The van der Waals surface area contributed by atoms with Crippen LogP contribution in [0.25, 0.3) is 33.5 Å². The lowest BCUT2D eigenvalue weighted by Crippen LogP contribution is -2.36. The maximum absolute atomic E-state index is 14.2. The molecule has 10 nitrogen and oxygen atoms in total. The predicted molar refractivity (Wildman–Crippen MR) is 157 cm³/mol. The molecule has 0 bridgehead atoms. The van der Waals surface area contributed by atoms with Crippen molar-refractivity contribution in [3.05, 3.63) is 71.2 Å². The predicted octanol–water partition coefficient (Wildman–Crippen LogP) is 5.55. The summed E-state index contributed by atoms with van der Waals surface area (Å²) in [6.45, 7) is 2.64. The van der Waals surface area contributed by atoms with Crippen LogP contribution in [0.15, 0.2) is 42.7 Å². The van der Waals surface area contributed by atoms with Crippen LogP contribution in [-0.2, 0) is 19.4 Å². The lowest BCUT2D eigenvalue weighted by Gasteiger charge is -2.28. The van der Waals surface area contributed by atoms with Crippen LogP contribution in [0.2, 0.25) is 0 Å². The number of phenolic OH excluding ortho intramolecular Hbond substituents is 1. The second-order valence-electron chi connectivity index (χ2n) is 11.4. The van der Waals surface area contributed by atoms with Gasteiger partial charge in [-0.1, -0.05) is 6.07 Å². The highest BCUT2D eigenvalue weighted by Crippen LogP contribution is 2.36. The van der Waals surface area contributed by atoms with Crippen LogP contribution in [0.4, 0.5) is 23.4 Å². The Morgan fingerprint density at radius 1 is 1.02 bits per heavy atom. The van der Waals surface area contributed by atoms with Crippen LogP contribution < -0.4 is 4.90 Å². The molecule has 14 heteroatoms. The van der Waals surface area contributed by atoms with Gasteiger partial charge in [0.05, 0.1) is 42.3 Å². The second-order valence-corrected chi connectivity index (χ2v) is 11.4. The lowest BCUT2D eigenvalue weighted by atomic mass is 9.96. The minimum atomic E-state index is -4.55. The quantitative estimate of drug-likeness (QED) is 0.220. The molecule has 1 amide bonds. The number of carbonyl (C=O) groups is 1. The molecule has 7 rings (SSSR count). The number of halogens is 4. The van der Waals surface area contributed by atoms with Crippen LogP contribution >= 0.6 is 0 Å². The number of aromatic nitrogens is 6. The van der Waals surface area contributed by atoms with Gasteiger partial charge < -0.3 is 19.9 Å². The average molecular weight is 621 g/mol. The van der Waals surface area contributed by atoms with E-state index in [1.54, 1.807) is 29.3 Å². The number of amides is 1. The molecule has 5 aromatic rings. The number of piperidine rings is 1. The van der Waals surface area contributed by atoms with Gasteiger partial charge in [0.2, 0.25) is 0 Å². The molecular weight excluding hydrogens is 592 g/mol. The van der Waals surface area contributed by atoms with Gasteiger partial charge in [-0.15, -0.1) is 0 Å². The molecule has 0 radical (unpaired) electrons. The first kappa shape index (κ1) is 28.7. The molecule has 5 heterocycles. The molecule has 0 unspecified atom stereocenters. The smallest absolute Gasteiger partial charge is 0.393 e. The van der Waals surface area contributed by atoms with E-state index in [2.05, 4.69) is 30.0 Å². The van der Waals surface area contributed by atoms with Crippen molar-refractivity contribution in [3.8, 4) is 28.4 Å². The number of aromatic hydroxyl groups is 1. The first-order valence-corrected chi connectivity index (χ1v) is 14.6. The maximum atomic E-state index is 14.2. The van der Waals surface area contributed by atoms with E-state index in [0.717, 1.165) is 55.3 Å². The van der Waals surface area contributed by atoms with Gasteiger partial charge in [0.15, 0.2) is 17.4 Å². The molecule has 3 N–H and O–H groups in total. The van der Waals surface area contributed by atoms with E-state index in [0.29, 0.717) is 47.5 Å². The van der Waals surface area contributed by atoms with Crippen molar-refractivity contribution in [3.63, 3.8) is 0 Å². The molecule has 2 aliphatic heterocycles. The first-order chi connectivity index (χ1) is 21.6. The Morgan fingerprint density at radius 2 is 1.84 bits per heavy atom. The molecular formula is C31H28F4N8O2. The Kier molecular flexibility index (Phi) is 7.13. The molecule has 1 fully saturated rings. The lowest BCUT2D eigenvalue weighted by molar-refractivity contribution is -0.127. The molecule has 2 aromatic carbocycles. The fourth-order valence-corrected chi connectivity index (χ4v) is 6.06. The zero-order valence-electron chi connectivity index (χ0n) is 24.0. The van der Waals surface area contributed by atoms with Gasteiger partial charge >= 0.3 is 6.18 Å². The summed E-state index contributed by atoms with van der Waals surface area (Å²) < 4.78 is 53.8. The van der Waals surface area contributed by atoms with E-state index in [-0.39, 0.29) is 22.7 Å². The average Bonchev–Trinajstić information content (AvgIpc) is 3.65. The third kappa shape index (κ3) is 5.67. The van der Waals surface area contributed by atoms with Crippen LogP contribution in [0.5, 0.6) is 5.75 Å². The molecule has 45 heavy (non-hydrogen) atoms. The zero-order chi connectivity index (χ0) is 31.3. The number of alkyl halides is 3. The van der Waals surface area contributed by atoms with E-state index in [4.69, 9.17) is 4.98 Å². The normalized spacial score (nSPS) is 15.5. The van der Waals surface area contributed by atoms with Gasteiger partial charge in [0.1, 0.15) is 17.2 Å². The highest BCUT2D eigenvalue weighted by molar-refractivity contribution is 5.94. The largest absolute Gasteiger partial charge is 0.505 e. The van der Waals surface area contributed by atoms with Gasteiger partial charge in [-0.25, -0.2) is 19.3 Å². The second kappa shape index (κ2) is 11.2. The number of anilines is 1. The number of hydrogen-bond donors (Lipinski definition) is 3. The Balaban J connectivity index is 1.11. The number of carbonyl (C=O) groups excluding carboxylic acids is 1. The molecule has 1 saturated heterocycles. The van der Waals surface area contributed by atoms with Crippen molar-refractivity contribution < 1.29 is 27.5 Å². The number of nitrogens with one attached hydrogen (secondary N) is 2. The van der Waals surface area contributed by atoms with Crippen LogP contribution in [0, 0.1) is 5.82 Å². The van der Waals surface area contributed by atoms with Crippen molar-refractivity contribution in [2.75, 3.05) is 24.5 Å². The summed E-state index contributed by atoms with van der Waals surface area (Å²) in [6, 6.07) is 6.54. The summed E-state index contributed by atoms with van der Waals surface area (Å²) in [7, 11) is 0. The van der Waals surface area contributed by atoms with E-state index < -0.39 is 24.2 Å². The number of imidazole rings is 1. The fraction of sp³-hybridized carbons (Fsp3) is 0.323. The topological polar surface area (TPSA) is 127 Å². The highest BCUT2D eigenvalue weighted by atomic mass is 19.4. The van der Waals surface area contributed by atoms with Gasteiger partial charge in [0, 0.05) is 31.4 Å². The summed E-state index contributed by atoms with van der Waals surface area (Å²) in [5.41, 5.74) is 2.96. The van der Waals surface area contributed by atoms with E-state index in [1.807, 2.05) is 0 Å². The van der Waals surface area contributed by atoms with E-state index in [9.17, 15) is 27.5 Å². The number of fused-ring (bicyclic) bond motifs is 2. The molecule has 0 saturated carbocycles. The third-order valence-electron chi connectivity index (χ3n) is 8.32.